The molecule has 2 unspecified atom stereocenters. The fourth-order valence-corrected chi connectivity index (χ4v) is 2.18. The maximum absolute atomic E-state index is 12.9. The van der Waals surface area contributed by atoms with E-state index in [0.29, 0.717) is 6.54 Å². The van der Waals surface area contributed by atoms with Crippen molar-refractivity contribution in [2.24, 2.45) is 5.92 Å². The molecule has 18 heavy (non-hydrogen) atoms. The van der Waals surface area contributed by atoms with Crippen LogP contribution in [0.3, 0.4) is 0 Å². The minimum atomic E-state index is -0.253. The number of aliphatic hydroxyl groups is 1. The third-order valence-corrected chi connectivity index (χ3v) is 3.33. The van der Waals surface area contributed by atoms with E-state index in [1.54, 1.807) is 12.1 Å². The van der Waals surface area contributed by atoms with E-state index in [1.807, 2.05) is 6.92 Å². The average molecular weight is 275 g/mol. The van der Waals surface area contributed by atoms with Gasteiger partial charge in [0.05, 0.1) is 6.10 Å². The Bertz CT molecular complexity index is 389. The molecule has 5 heteroatoms. The van der Waals surface area contributed by atoms with Crippen molar-refractivity contribution in [3.05, 3.63) is 35.1 Å². The lowest BCUT2D eigenvalue weighted by Gasteiger charge is -2.14. The van der Waals surface area contributed by atoms with Gasteiger partial charge in [-0.25, -0.2) is 4.39 Å². The zero-order valence-corrected chi connectivity index (χ0v) is 11.3. The monoisotopic (exact) mass is 274 g/mol. The molecular weight excluding hydrogens is 255 g/mol. The lowest BCUT2D eigenvalue weighted by molar-refractivity contribution is 0.146. The van der Waals surface area contributed by atoms with Gasteiger partial charge in [0.15, 0.2) is 0 Å². The van der Waals surface area contributed by atoms with Crippen molar-refractivity contribution in [1.29, 1.82) is 0 Å². The van der Waals surface area contributed by atoms with Crippen molar-refractivity contribution in [2.75, 3.05) is 19.6 Å². The van der Waals surface area contributed by atoms with Gasteiger partial charge in [-0.2, -0.15) is 0 Å². The molecule has 1 aromatic carbocycles. The summed E-state index contributed by atoms with van der Waals surface area (Å²) in [6.07, 6.45) is -0.253. The second-order valence-corrected chi connectivity index (χ2v) is 4.69. The van der Waals surface area contributed by atoms with Crippen LogP contribution in [0.2, 0.25) is 0 Å². The molecule has 3 nitrogen and oxygen atoms in total. The fraction of sp³-hybridized carbons (Fsp3) is 0.538. The summed E-state index contributed by atoms with van der Waals surface area (Å²) in [5.41, 5.74) is 2.06. The number of halogens is 2. The molecule has 0 saturated carbocycles. The van der Waals surface area contributed by atoms with Gasteiger partial charge in [-0.3, -0.25) is 0 Å². The topological polar surface area (TPSA) is 44.3 Å². The lowest BCUT2D eigenvalue weighted by atomic mass is 10.1. The van der Waals surface area contributed by atoms with Gasteiger partial charge in [-0.1, -0.05) is 6.07 Å². The van der Waals surface area contributed by atoms with Crippen LogP contribution in [0, 0.1) is 18.7 Å². The molecule has 0 radical (unpaired) electrons. The van der Waals surface area contributed by atoms with E-state index >= 15 is 0 Å². The Balaban J connectivity index is 0.00000162. The van der Waals surface area contributed by atoms with Crippen molar-refractivity contribution >= 4 is 12.4 Å². The molecule has 1 aliphatic heterocycles. The number of hydrogen-bond acceptors (Lipinski definition) is 3. The number of hydrogen-bond donors (Lipinski definition) is 3. The second kappa shape index (κ2) is 7.04. The maximum Gasteiger partial charge on any atom is 0.123 e. The zero-order chi connectivity index (χ0) is 12.3. The van der Waals surface area contributed by atoms with Crippen LogP contribution in [0.5, 0.6) is 0 Å². The summed E-state index contributed by atoms with van der Waals surface area (Å²) in [6, 6.07) is 4.83. The number of aryl methyl sites for hydroxylation is 1. The Labute approximate surface area is 113 Å². The minimum Gasteiger partial charge on any atom is -0.391 e. The van der Waals surface area contributed by atoms with Crippen LogP contribution >= 0.6 is 12.4 Å². The molecule has 1 heterocycles. The molecule has 0 bridgehead atoms. The highest BCUT2D eigenvalue weighted by Gasteiger charge is 2.23. The summed E-state index contributed by atoms with van der Waals surface area (Å²) >= 11 is 0. The molecular formula is C13H20ClFN2O. The SMILES string of the molecule is Cc1cc(F)ccc1CNCC1CNCC1O.Cl. The molecule has 1 aliphatic rings. The van der Waals surface area contributed by atoms with Crippen LogP contribution in [0.1, 0.15) is 11.1 Å². The summed E-state index contributed by atoms with van der Waals surface area (Å²) in [5.74, 6) is 0.0809. The summed E-state index contributed by atoms with van der Waals surface area (Å²) < 4.78 is 12.9. The summed E-state index contributed by atoms with van der Waals surface area (Å²) in [7, 11) is 0. The standard InChI is InChI=1S/C13H19FN2O.ClH/c1-9-4-12(14)3-2-10(9)5-15-6-11-7-16-8-13(11)17;/h2-4,11,13,15-17H,5-8H2,1H3;1H. The van der Waals surface area contributed by atoms with E-state index in [0.717, 1.165) is 30.8 Å². The molecule has 2 rings (SSSR count). The molecule has 1 saturated heterocycles. The zero-order valence-electron chi connectivity index (χ0n) is 10.4. The smallest absolute Gasteiger partial charge is 0.123 e. The Morgan fingerprint density at radius 3 is 2.83 bits per heavy atom. The van der Waals surface area contributed by atoms with Gasteiger partial charge in [0, 0.05) is 32.1 Å². The largest absolute Gasteiger partial charge is 0.391 e. The number of nitrogens with one attached hydrogen (secondary N) is 2. The second-order valence-electron chi connectivity index (χ2n) is 4.69. The average Bonchev–Trinajstić information content (AvgIpc) is 2.68. The fourth-order valence-electron chi connectivity index (χ4n) is 2.18. The van der Waals surface area contributed by atoms with E-state index in [4.69, 9.17) is 0 Å². The Kier molecular flexibility index (Phi) is 6.02. The van der Waals surface area contributed by atoms with E-state index in [2.05, 4.69) is 10.6 Å². The first-order valence-electron chi connectivity index (χ1n) is 6.01. The first-order valence-corrected chi connectivity index (χ1v) is 6.01. The quantitative estimate of drug-likeness (QED) is 0.774. The molecule has 0 aliphatic carbocycles. The molecule has 3 N–H and O–H groups in total. The van der Waals surface area contributed by atoms with E-state index < -0.39 is 0 Å². The summed E-state index contributed by atoms with van der Waals surface area (Å²) in [5, 5.41) is 16.1. The van der Waals surface area contributed by atoms with Gasteiger partial charge < -0.3 is 15.7 Å². The third-order valence-electron chi connectivity index (χ3n) is 3.33. The number of aliphatic hydroxyl groups excluding tert-OH is 1. The number of rotatable bonds is 4. The van der Waals surface area contributed by atoms with Crippen molar-refractivity contribution in [2.45, 2.75) is 19.6 Å². The molecule has 0 spiro atoms. The normalized spacial score (nSPS) is 22.8. The van der Waals surface area contributed by atoms with E-state index in [1.165, 1.54) is 6.07 Å². The van der Waals surface area contributed by atoms with Crippen LogP contribution in [0.4, 0.5) is 4.39 Å². The maximum atomic E-state index is 12.9. The molecule has 1 aromatic rings. The molecule has 1 fully saturated rings. The predicted molar refractivity (Wildman–Crippen MR) is 72.5 cm³/mol. The molecule has 102 valence electrons. The van der Waals surface area contributed by atoms with E-state index in [-0.39, 0.29) is 30.2 Å². The number of β-amino-alcohol motifs (C(OH)–C–C–N with tert-alkyl or cyclic N) is 1. The van der Waals surface area contributed by atoms with Crippen LogP contribution in [-0.4, -0.2) is 30.8 Å². The van der Waals surface area contributed by atoms with Gasteiger partial charge in [-0.05, 0) is 30.2 Å². The third kappa shape index (κ3) is 3.92. The van der Waals surface area contributed by atoms with Crippen molar-refractivity contribution in [3.63, 3.8) is 0 Å². The minimum absolute atomic E-state index is 0. The highest BCUT2D eigenvalue weighted by atomic mass is 35.5. The Morgan fingerprint density at radius 2 is 2.22 bits per heavy atom. The Morgan fingerprint density at radius 1 is 1.44 bits per heavy atom. The summed E-state index contributed by atoms with van der Waals surface area (Å²) in [4.78, 5) is 0. The first kappa shape index (κ1) is 15.4. The Hall–Kier alpha value is -0.680. The first-order chi connectivity index (χ1) is 8.16. The summed E-state index contributed by atoms with van der Waals surface area (Å²) in [6.45, 7) is 4.95. The van der Waals surface area contributed by atoms with Gasteiger partial charge in [0.2, 0.25) is 0 Å². The van der Waals surface area contributed by atoms with Gasteiger partial charge in [0.1, 0.15) is 5.82 Å². The highest BCUT2D eigenvalue weighted by molar-refractivity contribution is 5.85. The van der Waals surface area contributed by atoms with Crippen molar-refractivity contribution < 1.29 is 9.50 Å². The van der Waals surface area contributed by atoms with Crippen LogP contribution in [0.25, 0.3) is 0 Å². The molecule has 0 aromatic heterocycles. The van der Waals surface area contributed by atoms with Crippen LogP contribution in [-0.2, 0) is 6.54 Å². The van der Waals surface area contributed by atoms with Crippen molar-refractivity contribution in [1.82, 2.24) is 10.6 Å². The highest BCUT2D eigenvalue weighted by Crippen LogP contribution is 2.11. The van der Waals surface area contributed by atoms with E-state index in [9.17, 15) is 9.50 Å². The molecule has 0 amide bonds. The number of benzene rings is 1. The van der Waals surface area contributed by atoms with Crippen LogP contribution in [0.15, 0.2) is 18.2 Å². The molecule has 2 atom stereocenters. The van der Waals surface area contributed by atoms with Crippen LogP contribution < -0.4 is 10.6 Å². The van der Waals surface area contributed by atoms with Crippen molar-refractivity contribution in [3.8, 4) is 0 Å². The predicted octanol–water partition coefficient (Wildman–Crippen LogP) is 1.23. The van der Waals surface area contributed by atoms with Gasteiger partial charge in [0.25, 0.3) is 0 Å². The van der Waals surface area contributed by atoms with Gasteiger partial charge >= 0.3 is 0 Å². The van der Waals surface area contributed by atoms with Gasteiger partial charge in [-0.15, -0.1) is 12.4 Å². The lowest BCUT2D eigenvalue weighted by Crippen LogP contribution is -2.30.